The van der Waals surface area contributed by atoms with Gasteiger partial charge >= 0.3 is 0 Å². The molecule has 112 valence electrons. The molecule has 0 saturated carbocycles. The van der Waals surface area contributed by atoms with E-state index in [-0.39, 0.29) is 23.4 Å². The van der Waals surface area contributed by atoms with Crippen molar-refractivity contribution in [2.45, 2.75) is 12.8 Å². The predicted molar refractivity (Wildman–Crippen MR) is 74.4 cm³/mol. The first-order valence-electron chi connectivity index (χ1n) is 6.03. The van der Waals surface area contributed by atoms with Crippen LogP contribution in [0.4, 0.5) is 0 Å². The fourth-order valence-electron chi connectivity index (χ4n) is 2.21. The summed E-state index contributed by atoms with van der Waals surface area (Å²) in [5.74, 6) is 1.10. The van der Waals surface area contributed by atoms with E-state index >= 15 is 0 Å². The maximum absolute atomic E-state index is 12.0. The van der Waals surface area contributed by atoms with Crippen molar-refractivity contribution in [1.82, 2.24) is 4.90 Å². The molecule has 8 heteroatoms. The Morgan fingerprint density at radius 2 is 2.05 bits per heavy atom. The second-order valence-corrected chi connectivity index (χ2v) is 5.27. The molecule has 1 N–H and O–H groups in total. The fraction of sp³-hybridized carbons (Fsp3) is 0.308. The van der Waals surface area contributed by atoms with E-state index in [0.29, 0.717) is 22.8 Å². The van der Waals surface area contributed by atoms with Crippen LogP contribution in [0.25, 0.3) is 0 Å². The molecule has 0 radical (unpaired) electrons. The van der Waals surface area contributed by atoms with Crippen LogP contribution in [-0.4, -0.2) is 36.0 Å². The normalized spacial score (nSPS) is 20.5. The molecule has 0 spiro atoms. The minimum atomic E-state index is -1.26. The number of aliphatic hydroxyl groups excluding tert-OH is 1. The molecule has 2 aliphatic rings. The number of halogens is 2. The second kappa shape index (κ2) is 5.29. The van der Waals surface area contributed by atoms with Crippen LogP contribution < -0.4 is 14.2 Å². The summed E-state index contributed by atoms with van der Waals surface area (Å²) in [7, 11) is 1.50. The SMILES string of the molecule is COc1cc2c(cc1CN1C(=O)C(Cl)=C(Cl)C1O)OCO2. The molecule has 0 fully saturated rings. The van der Waals surface area contributed by atoms with Gasteiger partial charge in [0.25, 0.3) is 5.91 Å². The number of nitrogens with zero attached hydrogens (tertiary/aromatic N) is 1. The minimum absolute atomic E-state index is 0.0756. The molecule has 2 aliphatic heterocycles. The zero-order valence-corrected chi connectivity index (χ0v) is 12.4. The number of aliphatic hydroxyl groups is 1. The van der Waals surface area contributed by atoms with Gasteiger partial charge in [-0.3, -0.25) is 4.79 Å². The minimum Gasteiger partial charge on any atom is -0.496 e. The van der Waals surface area contributed by atoms with Crippen LogP contribution in [0.2, 0.25) is 0 Å². The number of fused-ring (bicyclic) bond motifs is 1. The van der Waals surface area contributed by atoms with Crippen molar-refractivity contribution in [1.29, 1.82) is 0 Å². The molecule has 2 heterocycles. The number of carbonyl (C=O) groups is 1. The topological polar surface area (TPSA) is 68.2 Å². The Hall–Kier alpha value is -1.63. The summed E-state index contributed by atoms with van der Waals surface area (Å²) in [5.41, 5.74) is 0.644. The molecule has 1 amide bonds. The number of carbonyl (C=O) groups excluding carboxylic acids is 1. The molecule has 3 rings (SSSR count). The lowest BCUT2D eigenvalue weighted by atomic mass is 10.1. The van der Waals surface area contributed by atoms with E-state index in [4.69, 9.17) is 37.4 Å². The molecule has 1 unspecified atom stereocenters. The van der Waals surface area contributed by atoms with Gasteiger partial charge in [-0.1, -0.05) is 23.2 Å². The molecule has 0 bridgehead atoms. The average Bonchev–Trinajstić information content (AvgIpc) is 3.01. The molecule has 1 aromatic carbocycles. The highest BCUT2D eigenvalue weighted by Crippen LogP contribution is 2.40. The van der Waals surface area contributed by atoms with Crippen LogP contribution in [0.1, 0.15) is 5.56 Å². The Kier molecular flexibility index (Phi) is 3.61. The fourth-order valence-corrected chi connectivity index (χ4v) is 2.62. The third-order valence-corrected chi connectivity index (χ3v) is 4.14. The molecule has 1 atom stereocenters. The van der Waals surface area contributed by atoms with Crippen molar-refractivity contribution < 1.29 is 24.1 Å². The maximum Gasteiger partial charge on any atom is 0.269 e. The maximum atomic E-state index is 12.0. The summed E-state index contributed by atoms with van der Waals surface area (Å²) in [6.45, 7) is 0.207. The van der Waals surface area contributed by atoms with E-state index in [2.05, 4.69) is 0 Å². The van der Waals surface area contributed by atoms with Crippen LogP contribution in [-0.2, 0) is 11.3 Å². The van der Waals surface area contributed by atoms with Gasteiger partial charge in [0.05, 0.1) is 18.7 Å². The Morgan fingerprint density at radius 3 is 2.62 bits per heavy atom. The summed E-state index contributed by atoms with van der Waals surface area (Å²) in [4.78, 5) is 13.1. The highest BCUT2D eigenvalue weighted by molar-refractivity contribution is 6.49. The second-order valence-electron chi connectivity index (χ2n) is 4.49. The molecule has 21 heavy (non-hydrogen) atoms. The van der Waals surface area contributed by atoms with Crippen LogP contribution in [0.3, 0.4) is 0 Å². The number of hydrogen-bond acceptors (Lipinski definition) is 5. The van der Waals surface area contributed by atoms with E-state index in [9.17, 15) is 9.90 Å². The van der Waals surface area contributed by atoms with Crippen molar-refractivity contribution >= 4 is 29.1 Å². The summed E-state index contributed by atoms with van der Waals surface area (Å²) in [5, 5.41) is 9.69. The van der Waals surface area contributed by atoms with Gasteiger partial charge in [-0.25, -0.2) is 0 Å². The first-order valence-corrected chi connectivity index (χ1v) is 6.79. The largest absolute Gasteiger partial charge is 0.496 e. The van der Waals surface area contributed by atoms with Gasteiger partial charge in [-0.15, -0.1) is 0 Å². The molecule has 0 aromatic heterocycles. The third kappa shape index (κ3) is 2.29. The van der Waals surface area contributed by atoms with E-state index in [1.807, 2.05) is 0 Å². The molecule has 0 aliphatic carbocycles. The Morgan fingerprint density at radius 1 is 1.38 bits per heavy atom. The van der Waals surface area contributed by atoms with Gasteiger partial charge in [0.1, 0.15) is 10.8 Å². The Bertz CT molecular complexity index is 646. The number of rotatable bonds is 3. The third-order valence-electron chi connectivity index (χ3n) is 3.30. The van der Waals surface area contributed by atoms with E-state index in [0.717, 1.165) is 4.90 Å². The van der Waals surface area contributed by atoms with Crippen molar-refractivity contribution in [3.63, 3.8) is 0 Å². The highest BCUT2D eigenvalue weighted by atomic mass is 35.5. The van der Waals surface area contributed by atoms with Gasteiger partial charge < -0.3 is 24.2 Å². The van der Waals surface area contributed by atoms with E-state index in [1.54, 1.807) is 12.1 Å². The standard InChI is InChI=1S/C13H11Cl2NO5/c1-19-7-3-9-8(20-5-21-9)2-6(7)4-16-12(17)10(14)11(15)13(16)18/h2-3,12,17H,4-5H2,1H3. The van der Waals surface area contributed by atoms with Gasteiger partial charge in [0.2, 0.25) is 6.79 Å². The first kappa shape index (κ1) is 14.3. The lowest BCUT2D eigenvalue weighted by Gasteiger charge is -2.22. The van der Waals surface area contributed by atoms with Gasteiger partial charge in [-0.05, 0) is 6.07 Å². The quantitative estimate of drug-likeness (QED) is 0.914. The number of ether oxygens (including phenoxy) is 3. The first-order chi connectivity index (χ1) is 10.0. The van der Waals surface area contributed by atoms with E-state index < -0.39 is 12.1 Å². The summed E-state index contributed by atoms with van der Waals surface area (Å²) in [6, 6.07) is 3.36. The Balaban J connectivity index is 1.91. The monoisotopic (exact) mass is 331 g/mol. The zero-order valence-electron chi connectivity index (χ0n) is 10.9. The number of methoxy groups -OCH3 is 1. The molecule has 0 saturated heterocycles. The van der Waals surface area contributed by atoms with Crippen LogP contribution in [0, 0.1) is 0 Å². The van der Waals surface area contributed by atoms with Crippen molar-refractivity contribution in [3.05, 3.63) is 27.8 Å². The average molecular weight is 332 g/mol. The number of hydrogen-bond donors (Lipinski definition) is 1. The van der Waals surface area contributed by atoms with Crippen LogP contribution >= 0.6 is 23.2 Å². The number of amides is 1. The smallest absolute Gasteiger partial charge is 0.269 e. The van der Waals surface area contributed by atoms with Crippen molar-refractivity contribution in [2.24, 2.45) is 0 Å². The Labute approximate surface area is 130 Å². The summed E-state index contributed by atoms with van der Waals surface area (Å²) < 4.78 is 15.8. The zero-order chi connectivity index (χ0) is 15.1. The van der Waals surface area contributed by atoms with Gasteiger partial charge in [0.15, 0.2) is 17.7 Å². The lowest BCUT2D eigenvalue weighted by molar-refractivity contribution is -0.132. The van der Waals surface area contributed by atoms with Gasteiger partial charge in [0, 0.05) is 11.6 Å². The molecular formula is C13H11Cl2NO5. The van der Waals surface area contributed by atoms with E-state index in [1.165, 1.54) is 7.11 Å². The van der Waals surface area contributed by atoms with Crippen LogP contribution in [0.15, 0.2) is 22.2 Å². The summed E-state index contributed by atoms with van der Waals surface area (Å²) in [6.07, 6.45) is -1.26. The van der Waals surface area contributed by atoms with Crippen molar-refractivity contribution in [2.75, 3.05) is 13.9 Å². The van der Waals surface area contributed by atoms with Crippen LogP contribution in [0.5, 0.6) is 17.2 Å². The molecule has 1 aromatic rings. The summed E-state index contributed by atoms with van der Waals surface area (Å²) >= 11 is 11.6. The van der Waals surface area contributed by atoms with Gasteiger partial charge in [-0.2, -0.15) is 0 Å². The molecular weight excluding hydrogens is 321 g/mol. The number of benzene rings is 1. The highest BCUT2D eigenvalue weighted by Gasteiger charge is 2.37. The van der Waals surface area contributed by atoms with Crippen molar-refractivity contribution in [3.8, 4) is 17.2 Å². The predicted octanol–water partition coefficient (Wildman–Crippen LogP) is 1.77. The molecule has 6 nitrogen and oxygen atoms in total. The lowest BCUT2D eigenvalue weighted by Crippen LogP contribution is -2.34.